The number of aliphatic carboxylic acids is 1. The zero-order valence-corrected chi connectivity index (χ0v) is 10.1. The highest BCUT2D eigenvalue weighted by molar-refractivity contribution is 5.81. The van der Waals surface area contributed by atoms with Gasteiger partial charge in [-0.1, -0.05) is 6.92 Å². The number of aryl methyl sites for hydroxylation is 1. The molecule has 1 atom stereocenters. The summed E-state index contributed by atoms with van der Waals surface area (Å²) >= 11 is 0. The highest BCUT2D eigenvalue weighted by Gasteiger charge is 2.15. The van der Waals surface area contributed by atoms with Crippen LogP contribution in [0.2, 0.25) is 0 Å². The number of carbonyl (C=O) groups is 1. The summed E-state index contributed by atoms with van der Waals surface area (Å²) in [7, 11) is 0. The summed E-state index contributed by atoms with van der Waals surface area (Å²) in [6, 6.07) is 4.26. The monoisotopic (exact) mass is 248 g/mol. The first kappa shape index (κ1) is 12.4. The number of hydrogen-bond donors (Lipinski definition) is 1. The van der Waals surface area contributed by atoms with Crippen molar-refractivity contribution in [3.63, 3.8) is 0 Å². The average molecular weight is 248 g/mol. The molecule has 0 saturated heterocycles. The molecule has 2 aromatic rings. The molecule has 0 bridgehead atoms. The third-order valence-electron chi connectivity index (χ3n) is 2.77. The maximum absolute atomic E-state index is 13.2. The van der Waals surface area contributed by atoms with Gasteiger partial charge in [-0.15, -0.1) is 0 Å². The van der Waals surface area contributed by atoms with E-state index in [2.05, 4.69) is 9.97 Å². The fourth-order valence-corrected chi connectivity index (χ4v) is 1.82. The van der Waals surface area contributed by atoms with Crippen molar-refractivity contribution in [2.45, 2.75) is 20.3 Å². The molecule has 0 radical (unpaired) electrons. The van der Waals surface area contributed by atoms with E-state index in [0.717, 1.165) is 0 Å². The van der Waals surface area contributed by atoms with Gasteiger partial charge in [-0.3, -0.25) is 4.79 Å². The van der Waals surface area contributed by atoms with Gasteiger partial charge in [0.05, 0.1) is 17.1 Å². The molecule has 1 aromatic heterocycles. The summed E-state index contributed by atoms with van der Waals surface area (Å²) in [6.45, 7) is 3.34. The molecule has 1 aromatic carbocycles. The van der Waals surface area contributed by atoms with E-state index in [1.54, 1.807) is 19.9 Å². The van der Waals surface area contributed by atoms with Crippen LogP contribution in [-0.4, -0.2) is 21.0 Å². The normalized spacial score (nSPS) is 12.6. The van der Waals surface area contributed by atoms with Crippen LogP contribution in [0.25, 0.3) is 10.9 Å². The largest absolute Gasteiger partial charge is 0.481 e. The molecular weight excluding hydrogens is 235 g/mol. The second-order valence-electron chi connectivity index (χ2n) is 4.32. The van der Waals surface area contributed by atoms with Crippen LogP contribution >= 0.6 is 0 Å². The summed E-state index contributed by atoms with van der Waals surface area (Å²) in [6.07, 6.45) is 0.263. The van der Waals surface area contributed by atoms with Gasteiger partial charge in [0.25, 0.3) is 0 Å². The van der Waals surface area contributed by atoms with Gasteiger partial charge >= 0.3 is 5.97 Å². The van der Waals surface area contributed by atoms with Crippen molar-refractivity contribution in [3.05, 3.63) is 35.5 Å². The minimum absolute atomic E-state index is 0.263. The van der Waals surface area contributed by atoms with E-state index < -0.39 is 11.9 Å². The molecule has 18 heavy (non-hydrogen) atoms. The second kappa shape index (κ2) is 4.68. The van der Waals surface area contributed by atoms with Crippen LogP contribution in [0, 0.1) is 18.7 Å². The molecule has 0 aliphatic rings. The Balaban J connectivity index is 2.54. The summed E-state index contributed by atoms with van der Waals surface area (Å²) in [5.41, 5.74) is 1.21. The van der Waals surface area contributed by atoms with Crippen LogP contribution in [-0.2, 0) is 11.2 Å². The van der Waals surface area contributed by atoms with Crippen LogP contribution in [0.5, 0.6) is 0 Å². The lowest BCUT2D eigenvalue weighted by atomic mass is 10.0. The van der Waals surface area contributed by atoms with E-state index in [1.807, 2.05) is 0 Å². The van der Waals surface area contributed by atoms with E-state index in [-0.39, 0.29) is 12.2 Å². The SMILES string of the molecule is Cc1nc(CC(C)C(=O)O)c2cc(F)ccc2n1. The molecule has 0 amide bonds. The Morgan fingerprint density at radius 1 is 1.44 bits per heavy atom. The average Bonchev–Trinajstić information content (AvgIpc) is 2.29. The van der Waals surface area contributed by atoms with Gasteiger partial charge in [0, 0.05) is 11.8 Å². The Kier molecular flexibility index (Phi) is 3.23. The van der Waals surface area contributed by atoms with Gasteiger partial charge in [0.1, 0.15) is 11.6 Å². The highest BCUT2D eigenvalue weighted by atomic mass is 19.1. The predicted octanol–water partition coefficient (Wildman–Crippen LogP) is 2.34. The molecule has 1 heterocycles. The van der Waals surface area contributed by atoms with Crippen LogP contribution in [0.3, 0.4) is 0 Å². The van der Waals surface area contributed by atoms with Crippen molar-refractivity contribution in [2.75, 3.05) is 0 Å². The molecule has 1 unspecified atom stereocenters. The standard InChI is InChI=1S/C13H13FN2O2/c1-7(13(17)18)5-12-10-6-9(14)3-4-11(10)15-8(2)16-12/h3-4,6-7H,5H2,1-2H3,(H,17,18). The number of rotatable bonds is 3. The molecule has 2 rings (SSSR count). The molecule has 94 valence electrons. The number of carboxylic acid groups (broad SMARTS) is 1. The second-order valence-corrected chi connectivity index (χ2v) is 4.32. The molecule has 0 aliphatic carbocycles. The lowest BCUT2D eigenvalue weighted by Gasteiger charge is -2.09. The summed E-state index contributed by atoms with van der Waals surface area (Å²) in [5, 5.41) is 9.50. The number of benzene rings is 1. The summed E-state index contributed by atoms with van der Waals surface area (Å²) in [5.74, 6) is -1.28. The van der Waals surface area contributed by atoms with E-state index >= 15 is 0 Å². The molecule has 1 N–H and O–H groups in total. The van der Waals surface area contributed by atoms with E-state index in [4.69, 9.17) is 5.11 Å². The maximum atomic E-state index is 13.2. The van der Waals surface area contributed by atoms with Gasteiger partial charge in [-0.05, 0) is 25.1 Å². The lowest BCUT2D eigenvalue weighted by Crippen LogP contribution is -2.14. The fourth-order valence-electron chi connectivity index (χ4n) is 1.82. The van der Waals surface area contributed by atoms with Crippen molar-refractivity contribution in [3.8, 4) is 0 Å². The Bertz CT molecular complexity index is 613. The van der Waals surface area contributed by atoms with Crippen LogP contribution < -0.4 is 0 Å². The van der Waals surface area contributed by atoms with Crippen molar-refractivity contribution < 1.29 is 14.3 Å². The van der Waals surface area contributed by atoms with Crippen molar-refractivity contribution in [2.24, 2.45) is 5.92 Å². The van der Waals surface area contributed by atoms with Gasteiger partial charge in [0.2, 0.25) is 0 Å². The quantitative estimate of drug-likeness (QED) is 0.905. The van der Waals surface area contributed by atoms with Gasteiger partial charge in [-0.25, -0.2) is 14.4 Å². The van der Waals surface area contributed by atoms with Crippen molar-refractivity contribution in [1.29, 1.82) is 0 Å². The zero-order chi connectivity index (χ0) is 13.3. The lowest BCUT2D eigenvalue weighted by molar-refractivity contribution is -0.141. The van der Waals surface area contributed by atoms with E-state index in [1.165, 1.54) is 12.1 Å². The first-order valence-corrected chi connectivity index (χ1v) is 5.63. The number of hydrogen-bond acceptors (Lipinski definition) is 3. The molecule has 0 aliphatic heterocycles. The Morgan fingerprint density at radius 2 is 2.17 bits per heavy atom. The van der Waals surface area contributed by atoms with E-state index in [0.29, 0.717) is 22.4 Å². The number of halogens is 1. The van der Waals surface area contributed by atoms with Crippen LogP contribution in [0.4, 0.5) is 4.39 Å². The summed E-state index contributed by atoms with van der Waals surface area (Å²) in [4.78, 5) is 19.3. The molecular formula is C13H13FN2O2. The minimum Gasteiger partial charge on any atom is -0.481 e. The van der Waals surface area contributed by atoms with Crippen molar-refractivity contribution in [1.82, 2.24) is 9.97 Å². The fraction of sp³-hybridized carbons (Fsp3) is 0.308. The Labute approximate surface area is 103 Å². The topological polar surface area (TPSA) is 63.1 Å². The van der Waals surface area contributed by atoms with E-state index in [9.17, 15) is 9.18 Å². The first-order chi connectivity index (χ1) is 8.47. The smallest absolute Gasteiger partial charge is 0.306 e. The predicted molar refractivity (Wildman–Crippen MR) is 64.7 cm³/mol. The number of fused-ring (bicyclic) bond motifs is 1. The van der Waals surface area contributed by atoms with Gasteiger partial charge < -0.3 is 5.11 Å². The minimum atomic E-state index is -0.893. The Morgan fingerprint density at radius 3 is 2.83 bits per heavy atom. The third kappa shape index (κ3) is 2.45. The van der Waals surface area contributed by atoms with Crippen LogP contribution in [0.1, 0.15) is 18.4 Å². The van der Waals surface area contributed by atoms with Gasteiger partial charge in [0.15, 0.2) is 0 Å². The molecule has 0 spiro atoms. The number of nitrogens with zero attached hydrogens (tertiary/aromatic N) is 2. The molecule has 5 heteroatoms. The third-order valence-corrected chi connectivity index (χ3v) is 2.77. The zero-order valence-electron chi connectivity index (χ0n) is 10.1. The summed E-state index contributed by atoms with van der Waals surface area (Å²) < 4.78 is 13.2. The number of aromatic nitrogens is 2. The van der Waals surface area contributed by atoms with Gasteiger partial charge in [-0.2, -0.15) is 0 Å². The highest BCUT2D eigenvalue weighted by Crippen LogP contribution is 2.20. The first-order valence-electron chi connectivity index (χ1n) is 5.63. The van der Waals surface area contributed by atoms with Crippen molar-refractivity contribution >= 4 is 16.9 Å². The van der Waals surface area contributed by atoms with Crippen LogP contribution in [0.15, 0.2) is 18.2 Å². The molecule has 4 nitrogen and oxygen atoms in total. The maximum Gasteiger partial charge on any atom is 0.306 e. The molecule has 0 fully saturated rings. The Hall–Kier alpha value is -2.04. The number of carboxylic acids is 1. The molecule has 0 saturated carbocycles.